The Labute approximate surface area is 173 Å². The Morgan fingerprint density at radius 2 is 2.03 bits per heavy atom. The van der Waals surface area contributed by atoms with Crippen molar-refractivity contribution in [2.45, 2.75) is 25.0 Å². The van der Waals surface area contributed by atoms with Crippen LogP contribution in [0.25, 0.3) is 0 Å². The molecule has 1 fully saturated rings. The third kappa shape index (κ3) is 5.25. The first kappa shape index (κ1) is 21.1. The largest absolute Gasteiger partial charge is 0.378 e. The summed E-state index contributed by atoms with van der Waals surface area (Å²) in [6.45, 7) is 5.78. The van der Waals surface area contributed by atoms with Gasteiger partial charge in [-0.25, -0.2) is 4.39 Å². The highest BCUT2D eigenvalue weighted by atomic mass is 32.2. The van der Waals surface area contributed by atoms with Gasteiger partial charge in [0.05, 0.1) is 31.5 Å². The highest BCUT2D eigenvalue weighted by Gasteiger charge is 2.22. The number of morpholine rings is 1. The van der Waals surface area contributed by atoms with Gasteiger partial charge in [0.2, 0.25) is 11.9 Å². The molecule has 0 spiro atoms. The SMILES string of the molecule is CCn1c(SCC(=O)N(CCC#N)c2ccc(F)cc2)nnc1N1CCOCC1. The van der Waals surface area contributed by atoms with Crippen LogP contribution < -0.4 is 9.80 Å². The summed E-state index contributed by atoms with van der Waals surface area (Å²) in [5.74, 6) is 0.382. The number of halogens is 1. The van der Waals surface area contributed by atoms with E-state index in [1.54, 1.807) is 12.1 Å². The monoisotopic (exact) mass is 418 g/mol. The number of rotatable bonds is 8. The van der Waals surface area contributed by atoms with Gasteiger partial charge in [0.1, 0.15) is 5.82 Å². The first-order valence-electron chi connectivity index (χ1n) is 9.45. The van der Waals surface area contributed by atoms with Crippen molar-refractivity contribution in [1.82, 2.24) is 14.8 Å². The van der Waals surface area contributed by atoms with Crippen molar-refractivity contribution in [3.05, 3.63) is 30.1 Å². The number of amides is 1. The fourth-order valence-corrected chi connectivity index (χ4v) is 3.92. The van der Waals surface area contributed by atoms with Gasteiger partial charge < -0.3 is 14.5 Å². The van der Waals surface area contributed by atoms with Crippen LogP contribution in [-0.4, -0.2) is 59.3 Å². The van der Waals surface area contributed by atoms with Gasteiger partial charge in [0.15, 0.2) is 5.16 Å². The summed E-state index contributed by atoms with van der Waals surface area (Å²) in [6.07, 6.45) is 0.195. The quantitative estimate of drug-likeness (QED) is 0.608. The number of nitriles is 1. The van der Waals surface area contributed by atoms with Crippen LogP contribution in [0.1, 0.15) is 13.3 Å². The fraction of sp³-hybridized carbons (Fsp3) is 0.474. The van der Waals surface area contributed by atoms with Gasteiger partial charge >= 0.3 is 0 Å². The van der Waals surface area contributed by atoms with Gasteiger partial charge in [0.25, 0.3) is 0 Å². The predicted molar refractivity (Wildman–Crippen MR) is 108 cm³/mol. The van der Waals surface area contributed by atoms with Crippen molar-refractivity contribution in [3.8, 4) is 6.07 Å². The van der Waals surface area contributed by atoms with Crippen LogP contribution in [0.15, 0.2) is 29.4 Å². The molecule has 0 bridgehead atoms. The van der Waals surface area contributed by atoms with Crippen molar-refractivity contribution < 1.29 is 13.9 Å². The van der Waals surface area contributed by atoms with Gasteiger partial charge in [-0.2, -0.15) is 5.26 Å². The van der Waals surface area contributed by atoms with Crippen molar-refractivity contribution in [1.29, 1.82) is 5.26 Å². The normalized spacial score (nSPS) is 13.9. The van der Waals surface area contributed by atoms with Crippen molar-refractivity contribution >= 4 is 29.3 Å². The van der Waals surface area contributed by atoms with E-state index >= 15 is 0 Å². The van der Waals surface area contributed by atoms with E-state index in [9.17, 15) is 9.18 Å². The number of hydrogen-bond donors (Lipinski definition) is 0. The molecule has 1 amide bonds. The molecular formula is C19H23FN6O2S. The van der Waals surface area contributed by atoms with Crippen LogP contribution in [0, 0.1) is 17.1 Å². The Morgan fingerprint density at radius 3 is 2.69 bits per heavy atom. The van der Waals surface area contributed by atoms with E-state index in [1.165, 1.54) is 28.8 Å². The van der Waals surface area contributed by atoms with Gasteiger partial charge in [0, 0.05) is 31.9 Å². The second kappa shape index (κ2) is 10.2. The standard InChI is InChI=1S/C19H23FN6O2S/c1-2-25-18(24-10-12-28-13-11-24)22-23-19(25)29-14-17(27)26(9-3-8-21)16-6-4-15(20)5-7-16/h4-7H,2-3,9-14H2,1H3. The van der Waals surface area contributed by atoms with Crippen LogP contribution in [0.5, 0.6) is 0 Å². The van der Waals surface area contributed by atoms with Gasteiger partial charge in [-0.15, -0.1) is 10.2 Å². The van der Waals surface area contributed by atoms with E-state index in [4.69, 9.17) is 10.00 Å². The molecule has 1 aliphatic rings. The molecule has 3 rings (SSSR count). The number of carbonyl (C=O) groups excluding carboxylic acids is 1. The number of carbonyl (C=O) groups is 1. The molecule has 1 aromatic heterocycles. The molecule has 10 heteroatoms. The lowest BCUT2D eigenvalue weighted by molar-refractivity contribution is -0.116. The van der Waals surface area contributed by atoms with Crippen LogP contribution in [0.2, 0.25) is 0 Å². The minimum absolute atomic E-state index is 0.143. The van der Waals surface area contributed by atoms with Crippen molar-refractivity contribution in [2.24, 2.45) is 0 Å². The summed E-state index contributed by atoms with van der Waals surface area (Å²) in [7, 11) is 0. The van der Waals surface area contributed by atoms with Crippen LogP contribution in [0.4, 0.5) is 16.0 Å². The molecule has 8 nitrogen and oxygen atoms in total. The smallest absolute Gasteiger partial charge is 0.237 e. The van der Waals surface area contributed by atoms with E-state index in [0.717, 1.165) is 19.0 Å². The third-order valence-corrected chi connectivity index (χ3v) is 5.47. The summed E-state index contributed by atoms with van der Waals surface area (Å²) in [5, 5.41) is 18.1. The number of anilines is 2. The number of thioether (sulfide) groups is 1. The summed E-state index contributed by atoms with van der Waals surface area (Å²) in [5.41, 5.74) is 0.568. The van der Waals surface area contributed by atoms with Crippen LogP contribution in [-0.2, 0) is 16.1 Å². The Balaban J connectivity index is 1.70. The van der Waals surface area contributed by atoms with Crippen molar-refractivity contribution in [2.75, 3.05) is 48.4 Å². The summed E-state index contributed by atoms with van der Waals surface area (Å²) in [4.78, 5) is 16.5. The average molecular weight is 418 g/mol. The zero-order chi connectivity index (χ0) is 20.6. The van der Waals surface area contributed by atoms with E-state index in [2.05, 4.69) is 15.1 Å². The Hall–Kier alpha value is -2.64. The second-order valence-electron chi connectivity index (χ2n) is 6.34. The summed E-state index contributed by atoms with van der Waals surface area (Å²) in [6, 6.07) is 7.74. The Kier molecular flexibility index (Phi) is 7.43. The molecular weight excluding hydrogens is 395 g/mol. The second-order valence-corrected chi connectivity index (χ2v) is 7.29. The third-order valence-electron chi connectivity index (χ3n) is 4.52. The number of benzene rings is 1. The molecule has 2 heterocycles. The molecule has 0 radical (unpaired) electrons. The summed E-state index contributed by atoms with van der Waals surface area (Å²) < 4.78 is 20.6. The topological polar surface area (TPSA) is 87.3 Å². The predicted octanol–water partition coefficient (Wildman–Crippen LogP) is 2.31. The van der Waals surface area contributed by atoms with E-state index in [-0.39, 0.29) is 30.4 Å². The maximum absolute atomic E-state index is 13.2. The van der Waals surface area contributed by atoms with Gasteiger partial charge in [-0.3, -0.25) is 9.36 Å². The molecule has 154 valence electrons. The lowest BCUT2D eigenvalue weighted by Gasteiger charge is -2.27. The zero-order valence-corrected chi connectivity index (χ0v) is 17.1. The van der Waals surface area contributed by atoms with Gasteiger partial charge in [-0.05, 0) is 31.2 Å². The lowest BCUT2D eigenvalue weighted by atomic mass is 10.2. The zero-order valence-electron chi connectivity index (χ0n) is 16.3. The Bertz CT molecular complexity index is 861. The number of aromatic nitrogens is 3. The molecule has 1 aromatic carbocycles. The summed E-state index contributed by atoms with van der Waals surface area (Å²) >= 11 is 1.31. The highest BCUT2D eigenvalue weighted by Crippen LogP contribution is 2.24. The Morgan fingerprint density at radius 1 is 1.31 bits per heavy atom. The van der Waals surface area contributed by atoms with E-state index in [0.29, 0.717) is 30.6 Å². The molecule has 2 aromatic rings. The van der Waals surface area contributed by atoms with Crippen LogP contribution >= 0.6 is 11.8 Å². The molecule has 1 saturated heterocycles. The number of hydrogen-bond acceptors (Lipinski definition) is 7. The molecule has 0 N–H and O–H groups in total. The number of nitrogens with zero attached hydrogens (tertiary/aromatic N) is 6. The minimum Gasteiger partial charge on any atom is -0.378 e. The molecule has 1 aliphatic heterocycles. The average Bonchev–Trinajstić information content (AvgIpc) is 3.17. The first-order chi connectivity index (χ1) is 14.1. The molecule has 0 aliphatic carbocycles. The van der Waals surface area contributed by atoms with Gasteiger partial charge in [-0.1, -0.05) is 11.8 Å². The maximum Gasteiger partial charge on any atom is 0.237 e. The number of ether oxygens (including phenoxy) is 1. The highest BCUT2D eigenvalue weighted by molar-refractivity contribution is 7.99. The van der Waals surface area contributed by atoms with Crippen LogP contribution in [0.3, 0.4) is 0 Å². The first-order valence-corrected chi connectivity index (χ1v) is 10.4. The molecule has 29 heavy (non-hydrogen) atoms. The molecule has 0 saturated carbocycles. The minimum atomic E-state index is -0.373. The molecule has 0 unspecified atom stereocenters. The maximum atomic E-state index is 13.2. The fourth-order valence-electron chi connectivity index (χ4n) is 3.05. The van der Waals surface area contributed by atoms with Crippen molar-refractivity contribution in [3.63, 3.8) is 0 Å². The van der Waals surface area contributed by atoms with E-state index < -0.39 is 0 Å². The lowest BCUT2D eigenvalue weighted by Crippen LogP contribution is -2.38. The van der Waals surface area contributed by atoms with E-state index in [1.807, 2.05) is 17.6 Å². The molecule has 0 atom stereocenters.